The number of para-hydroxylation sites is 1. The van der Waals surface area contributed by atoms with Crippen LogP contribution in [0.15, 0.2) is 30.0 Å². The highest BCUT2D eigenvalue weighted by atomic mass is 16.4. The summed E-state index contributed by atoms with van der Waals surface area (Å²) < 4.78 is 0. The molecule has 0 aliphatic rings. The van der Waals surface area contributed by atoms with Crippen LogP contribution >= 0.6 is 0 Å². The molecule has 1 aromatic carbocycles. The van der Waals surface area contributed by atoms with Gasteiger partial charge in [0.2, 0.25) is 0 Å². The first-order valence-electron chi connectivity index (χ1n) is 6.20. The molecule has 2 N–H and O–H groups in total. The summed E-state index contributed by atoms with van der Waals surface area (Å²) in [7, 11) is 0. The molecule has 0 radical (unpaired) electrons. The lowest BCUT2D eigenvalue weighted by Crippen LogP contribution is -2.08. The van der Waals surface area contributed by atoms with Crippen molar-refractivity contribution in [3.8, 4) is 0 Å². The first-order chi connectivity index (χ1) is 8.95. The van der Waals surface area contributed by atoms with E-state index in [-0.39, 0.29) is 12.2 Å². The van der Waals surface area contributed by atoms with Gasteiger partial charge in [0.15, 0.2) is 5.78 Å². The van der Waals surface area contributed by atoms with E-state index in [0.717, 1.165) is 16.9 Å². The van der Waals surface area contributed by atoms with Crippen molar-refractivity contribution in [3.05, 3.63) is 41.1 Å². The van der Waals surface area contributed by atoms with Crippen LogP contribution in [0.25, 0.3) is 0 Å². The first kappa shape index (κ1) is 15.0. The lowest BCUT2D eigenvalue weighted by molar-refractivity contribution is -0.136. The molecule has 0 aliphatic heterocycles. The van der Waals surface area contributed by atoms with Crippen LogP contribution in [-0.2, 0) is 4.79 Å². The van der Waals surface area contributed by atoms with Crippen molar-refractivity contribution < 1.29 is 14.7 Å². The van der Waals surface area contributed by atoms with E-state index in [1.807, 2.05) is 32.1 Å². The molecular formula is C15H19NO3. The fourth-order valence-electron chi connectivity index (χ4n) is 1.81. The molecule has 1 rings (SSSR count). The number of benzene rings is 1. The molecule has 0 heterocycles. The molecule has 4 heteroatoms. The molecule has 0 saturated heterocycles. The van der Waals surface area contributed by atoms with Gasteiger partial charge in [-0.1, -0.05) is 18.2 Å². The summed E-state index contributed by atoms with van der Waals surface area (Å²) >= 11 is 0. The number of hydrogen-bond acceptors (Lipinski definition) is 3. The number of allylic oxidation sites excluding steroid dienone is 2. The van der Waals surface area contributed by atoms with Gasteiger partial charge in [-0.3, -0.25) is 9.59 Å². The second-order valence-corrected chi connectivity index (χ2v) is 4.39. The molecule has 0 saturated carbocycles. The number of carbonyl (C=O) groups is 2. The number of ketones is 1. The minimum Gasteiger partial charge on any atom is -0.481 e. The molecular weight excluding hydrogens is 242 g/mol. The number of carboxylic acid groups (broad SMARTS) is 1. The van der Waals surface area contributed by atoms with Crippen molar-refractivity contribution >= 4 is 17.4 Å². The quantitative estimate of drug-likeness (QED) is 0.770. The Kier molecular flexibility index (Phi) is 5.30. The minimum absolute atomic E-state index is 0.0140. The fourth-order valence-corrected chi connectivity index (χ4v) is 1.81. The molecule has 4 nitrogen and oxygen atoms in total. The standard InChI is InChI=1S/C15H19NO3/c1-4-12(8-9-14(18)19)16-15-10(2)6-5-7-13(15)11(3)17/h4-7,16H,8-9H2,1-3H3,(H,18,19)/b12-4-. The Labute approximate surface area is 113 Å². The molecule has 0 aliphatic carbocycles. The number of anilines is 1. The van der Waals surface area contributed by atoms with Crippen LogP contribution in [-0.4, -0.2) is 16.9 Å². The smallest absolute Gasteiger partial charge is 0.303 e. The van der Waals surface area contributed by atoms with Crippen LogP contribution in [0.4, 0.5) is 5.69 Å². The maximum Gasteiger partial charge on any atom is 0.303 e. The highest BCUT2D eigenvalue weighted by Crippen LogP contribution is 2.23. The van der Waals surface area contributed by atoms with Gasteiger partial charge in [0.05, 0.1) is 12.1 Å². The van der Waals surface area contributed by atoms with E-state index in [4.69, 9.17) is 5.11 Å². The molecule has 0 fully saturated rings. The van der Waals surface area contributed by atoms with Crippen molar-refractivity contribution in [2.24, 2.45) is 0 Å². The Morgan fingerprint density at radius 1 is 1.32 bits per heavy atom. The van der Waals surface area contributed by atoms with Crippen molar-refractivity contribution in [1.29, 1.82) is 0 Å². The zero-order valence-electron chi connectivity index (χ0n) is 11.5. The molecule has 102 valence electrons. The molecule has 0 unspecified atom stereocenters. The number of carboxylic acids is 1. The molecule has 0 bridgehead atoms. The summed E-state index contributed by atoms with van der Waals surface area (Å²) in [4.78, 5) is 22.2. The van der Waals surface area contributed by atoms with Crippen molar-refractivity contribution in [2.75, 3.05) is 5.32 Å². The van der Waals surface area contributed by atoms with Gasteiger partial charge in [-0.25, -0.2) is 0 Å². The largest absolute Gasteiger partial charge is 0.481 e. The third-order valence-corrected chi connectivity index (χ3v) is 2.89. The van der Waals surface area contributed by atoms with Crippen molar-refractivity contribution in [1.82, 2.24) is 0 Å². The van der Waals surface area contributed by atoms with Crippen molar-refractivity contribution in [3.63, 3.8) is 0 Å². The van der Waals surface area contributed by atoms with Crippen LogP contribution in [0.1, 0.15) is 42.6 Å². The maximum atomic E-state index is 11.6. The third-order valence-electron chi connectivity index (χ3n) is 2.89. The van der Waals surface area contributed by atoms with Crippen LogP contribution in [0.5, 0.6) is 0 Å². The van der Waals surface area contributed by atoms with Gasteiger partial charge >= 0.3 is 5.97 Å². The monoisotopic (exact) mass is 261 g/mol. The van der Waals surface area contributed by atoms with Gasteiger partial charge < -0.3 is 10.4 Å². The number of rotatable bonds is 6. The summed E-state index contributed by atoms with van der Waals surface area (Å²) in [6, 6.07) is 5.52. The normalized spacial score (nSPS) is 11.2. The summed E-state index contributed by atoms with van der Waals surface area (Å²) in [6.07, 6.45) is 2.31. The average Bonchev–Trinajstić information content (AvgIpc) is 2.35. The Bertz CT molecular complexity index is 518. The number of nitrogens with one attached hydrogen (secondary N) is 1. The topological polar surface area (TPSA) is 66.4 Å². The number of aryl methyl sites for hydroxylation is 1. The second kappa shape index (κ2) is 6.73. The van der Waals surface area contributed by atoms with E-state index in [9.17, 15) is 9.59 Å². The van der Waals surface area contributed by atoms with E-state index >= 15 is 0 Å². The highest BCUT2D eigenvalue weighted by molar-refractivity contribution is 6.00. The zero-order chi connectivity index (χ0) is 14.4. The molecule has 19 heavy (non-hydrogen) atoms. The number of aliphatic carboxylic acids is 1. The summed E-state index contributed by atoms with van der Waals surface area (Å²) in [5.41, 5.74) is 3.14. The fraction of sp³-hybridized carbons (Fsp3) is 0.333. The Hall–Kier alpha value is -2.10. The summed E-state index contributed by atoms with van der Waals surface area (Å²) in [5.74, 6) is -0.849. The van der Waals surface area contributed by atoms with Gasteiger partial charge in [0, 0.05) is 11.3 Å². The van der Waals surface area contributed by atoms with Crippen molar-refractivity contribution in [2.45, 2.75) is 33.6 Å². The predicted molar refractivity (Wildman–Crippen MR) is 75.4 cm³/mol. The van der Waals surface area contributed by atoms with Crippen LogP contribution < -0.4 is 5.32 Å². The van der Waals surface area contributed by atoms with Gasteiger partial charge in [-0.05, 0) is 38.8 Å². The van der Waals surface area contributed by atoms with E-state index < -0.39 is 5.97 Å². The number of Topliss-reactive ketones (excluding diaryl/α,β-unsaturated/α-hetero) is 1. The van der Waals surface area contributed by atoms with Gasteiger partial charge in [-0.2, -0.15) is 0 Å². The molecule has 1 aromatic rings. The zero-order valence-corrected chi connectivity index (χ0v) is 11.5. The van der Waals surface area contributed by atoms with Crippen LogP contribution in [0, 0.1) is 6.92 Å². The Balaban J connectivity index is 2.97. The summed E-state index contributed by atoms with van der Waals surface area (Å²) in [6.45, 7) is 5.28. The SMILES string of the molecule is C/C=C(/CCC(=O)O)Nc1c(C)cccc1C(C)=O. The Morgan fingerprint density at radius 2 is 2.00 bits per heavy atom. The highest BCUT2D eigenvalue weighted by Gasteiger charge is 2.11. The van der Waals surface area contributed by atoms with Crippen LogP contribution in [0.2, 0.25) is 0 Å². The molecule has 0 amide bonds. The van der Waals surface area contributed by atoms with Gasteiger partial charge in [-0.15, -0.1) is 0 Å². The second-order valence-electron chi connectivity index (χ2n) is 4.39. The van der Waals surface area contributed by atoms with E-state index in [1.165, 1.54) is 6.92 Å². The first-order valence-corrected chi connectivity index (χ1v) is 6.20. The molecule has 0 aromatic heterocycles. The van der Waals surface area contributed by atoms with E-state index in [2.05, 4.69) is 5.32 Å². The predicted octanol–water partition coefficient (Wildman–Crippen LogP) is 3.38. The average molecular weight is 261 g/mol. The number of hydrogen-bond donors (Lipinski definition) is 2. The van der Waals surface area contributed by atoms with E-state index in [1.54, 1.807) is 6.07 Å². The Morgan fingerprint density at radius 3 is 2.53 bits per heavy atom. The van der Waals surface area contributed by atoms with Gasteiger partial charge in [0.1, 0.15) is 0 Å². The third kappa shape index (κ3) is 4.25. The summed E-state index contributed by atoms with van der Waals surface area (Å²) in [5, 5.41) is 11.9. The van der Waals surface area contributed by atoms with Gasteiger partial charge in [0.25, 0.3) is 0 Å². The lowest BCUT2D eigenvalue weighted by atomic mass is 10.0. The lowest BCUT2D eigenvalue weighted by Gasteiger charge is -2.15. The maximum absolute atomic E-state index is 11.6. The minimum atomic E-state index is -0.835. The molecule has 0 atom stereocenters. The van der Waals surface area contributed by atoms with E-state index in [0.29, 0.717) is 12.0 Å². The molecule has 0 spiro atoms. The van der Waals surface area contributed by atoms with Crippen LogP contribution in [0.3, 0.4) is 0 Å². The number of carbonyl (C=O) groups excluding carboxylic acids is 1.